The van der Waals surface area contributed by atoms with Crippen molar-refractivity contribution in [1.82, 2.24) is 30.4 Å². The van der Waals surface area contributed by atoms with E-state index in [9.17, 15) is 0 Å². The Bertz CT molecular complexity index is 318. The Kier molecular flexibility index (Phi) is 0.883. The maximum absolute atomic E-state index is 3.95. The summed E-state index contributed by atoms with van der Waals surface area (Å²) < 4.78 is 0. The summed E-state index contributed by atoms with van der Waals surface area (Å²) in [6.07, 6.45) is 1.52. The molecule has 6 nitrogen and oxygen atoms in total. The van der Waals surface area contributed by atoms with Crippen molar-refractivity contribution in [3.05, 3.63) is 6.20 Å². The van der Waals surface area contributed by atoms with Gasteiger partial charge in [-0.2, -0.15) is 9.90 Å². The topological polar surface area (TPSA) is 69.4 Å². The maximum Gasteiger partial charge on any atom is 0.226 e. The fourth-order valence-corrected chi connectivity index (χ4v) is 0.715. The lowest BCUT2D eigenvalue weighted by molar-refractivity contribution is 0.663. The molecule has 0 aromatic carbocycles. The van der Waals surface area contributed by atoms with Gasteiger partial charge < -0.3 is 0 Å². The molecule has 0 atom stereocenters. The van der Waals surface area contributed by atoms with E-state index in [4.69, 9.17) is 0 Å². The van der Waals surface area contributed by atoms with E-state index in [0.717, 1.165) is 0 Å². The van der Waals surface area contributed by atoms with Gasteiger partial charge in [-0.15, -0.1) is 15.3 Å². The minimum atomic E-state index is 0.525. The van der Waals surface area contributed by atoms with Gasteiger partial charge in [0.15, 0.2) is 5.52 Å². The zero-order chi connectivity index (χ0) is 6.97. The predicted octanol–water partition coefficient (Wildman–Crippen LogP) is -0.847. The molecule has 0 fully saturated rings. The molecule has 0 N–H and O–H groups in total. The highest BCUT2D eigenvalue weighted by molar-refractivity contribution is 5.65. The van der Waals surface area contributed by atoms with Crippen LogP contribution in [0.5, 0.6) is 0 Å². The lowest BCUT2D eigenvalue weighted by Crippen LogP contribution is -1.90. The van der Waals surface area contributed by atoms with E-state index in [1.54, 1.807) is 7.05 Å². The van der Waals surface area contributed by atoms with Crippen molar-refractivity contribution in [1.29, 1.82) is 0 Å². The lowest BCUT2D eigenvalue weighted by Gasteiger charge is -1.75. The highest BCUT2D eigenvalue weighted by atomic mass is 15.5. The standard InChI is InChI=1S/C4H4N6/c1-10-7-3-2-5-9-6-4(3)8-10/h2H,1H3. The SMILES string of the molecule is Cn1nc2cnnnc2n1. The number of nitrogens with zero attached hydrogens (tertiary/aromatic N) is 6. The number of aryl methyl sites for hydroxylation is 1. The number of hydrogen-bond acceptors (Lipinski definition) is 5. The van der Waals surface area contributed by atoms with Crippen LogP contribution in [0.2, 0.25) is 0 Å². The summed E-state index contributed by atoms with van der Waals surface area (Å²) in [5.74, 6) is 0. The van der Waals surface area contributed by atoms with Gasteiger partial charge in [-0.3, -0.25) is 0 Å². The van der Waals surface area contributed by atoms with Crippen LogP contribution in [0.15, 0.2) is 6.20 Å². The fourth-order valence-electron chi connectivity index (χ4n) is 0.715. The normalized spacial score (nSPS) is 10.5. The lowest BCUT2D eigenvalue weighted by atomic mass is 10.6. The summed E-state index contributed by atoms with van der Waals surface area (Å²) in [7, 11) is 1.72. The molecule has 0 spiro atoms. The summed E-state index contributed by atoms with van der Waals surface area (Å²) in [6.45, 7) is 0. The van der Waals surface area contributed by atoms with Gasteiger partial charge in [0, 0.05) is 7.05 Å². The predicted molar refractivity (Wildman–Crippen MR) is 31.9 cm³/mol. The molecule has 6 heteroatoms. The van der Waals surface area contributed by atoms with Crippen molar-refractivity contribution >= 4 is 11.2 Å². The van der Waals surface area contributed by atoms with Gasteiger partial charge in [0.25, 0.3) is 0 Å². The minimum absolute atomic E-state index is 0.525. The Morgan fingerprint density at radius 1 is 1.40 bits per heavy atom. The number of aromatic nitrogens is 6. The summed E-state index contributed by atoms with van der Waals surface area (Å²) in [5.41, 5.74) is 1.19. The molecule has 2 aromatic heterocycles. The first-order chi connectivity index (χ1) is 4.86. The van der Waals surface area contributed by atoms with E-state index in [0.29, 0.717) is 11.2 Å². The van der Waals surface area contributed by atoms with Crippen LogP contribution in [0, 0.1) is 0 Å². The van der Waals surface area contributed by atoms with Gasteiger partial charge in [-0.25, -0.2) is 0 Å². The van der Waals surface area contributed by atoms with Crippen LogP contribution in [-0.4, -0.2) is 30.4 Å². The van der Waals surface area contributed by atoms with Gasteiger partial charge in [-0.05, 0) is 5.21 Å². The number of hydrogen-bond donors (Lipinski definition) is 0. The van der Waals surface area contributed by atoms with Gasteiger partial charge in [0.2, 0.25) is 5.65 Å². The first-order valence-electron chi connectivity index (χ1n) is 2.71. The zero-order valence-electron chi connectivity index (χ0n) is 5.26. The Labute approximate surface area is 55.9 Å². The quantitative estimate of drug-likeness (QED) is 0.472. The Morgan fingerprint density at radius 3 is 3.10 bits per heavy atom. The molecule has 0 aliphatic carbocycles. The second-order valence-electron chi connectivity index (χ2n) is 1.83. The second kappa shape index (κ2) is 1.69. The van der Waals surface area contributed by atoms with Gasteiger partial charge >= 0.3 is 0 Å². The highest BCUT2D eigenvalue weighted by Crippen LogP contribution is 1.97. The van der Waals surface area contributed by atoms with E-state index in [-0.39, 0.29) is 0 Å². The molecule has 0 aliphatic rings. The second-order valence-corrected chi connectivity index (χ2v) is 1.83. The third kappa shape index (κ3) is 0.619. The molecule has 0 saturated heterocycles. The van der Waals surface area contributed by atoms with Crippen LogP contribution in [0.1, 0.15) is 0 Å². The third-order valence-electron chi connectivity index (χ3n) is 1.09. The monoisotopic (exact) mass is 136 g/mol. The van der Waals surface area contributed by atoms with Crippen LogP contribution in [-0.2, 0) is 7.05 Å². The van der Waals surface area contributed by atoms with Crippen molar-refractivity contribution in [3.63, 3.8) is 0 Å². The molecule has 0 saturated carbocycles. The molecule has 10 heavy (non-hydrogen) atoms. The molecule has 2 heterocycles. The van der Waals surface area contributed by atoms with Crippen LogP contribution < -0.4 is 0 Å². The van der Waals surface area contributed by atoms with Crippen LogP contribution >= 0.6 is 0 Å². The van der Waals surface area contributed by atoms with Gasteiger partial charge in [0.1, 0.15) is 0 Å². The summed E-state index contributed by atoms with van der Waals surface area (Å²) in [5, 5.41) is 18.5. The molecule has 2 rings (SSSR count). The Morgan fingerprint density at radius 2 is 2.30 bits per heavy atom. The van der Waals surface area contributed by atoms with Gasteiger partial charge in [0.05, 0.1) is 6.20 Å². The van der Waals surface area contributed by atoms with E-state index in [1.165, 1.54) is 11.0 Å². The van der Waals surface area contributed by atoms with Crippen LogP contribution in [0.3, 0.4) is 0 Å². The van der Waals surface area contributed by atoms with E-state index in [2.05, 4.69) is 25.6 Å². The average Bonchev–Trinajstić information content (AvgIpc) is 2.27. The third-order valence-corrected chi connectivity index (χ3v) is 1.09. The molecule has 0 radical (unpaired) electrons. The van der Waals surface area contributed by atoms with Crippen LogP contribution in [0.25, 0.3) is 11.2 Å². The zero-order valence-corrected chi connectivity index (χ0v) is 5.26. The van der Waals surface area contributed by atoms with E-state index in [1.807, 2.05) is 0 Å². The molecular formula is C4H4N6. The Balaban J connectivity index is 2.88. The largest absolute Gasteiger partial charge is 0.226 e. The highest BCUT2D eigenvalue weighted by Gasteiger charge is 1.98. The van der Waals surface area contributed by atoms with Crippen molar-refractivity contribution in [2.75, 3.05) is 0 Å². The van der Waals surface area contributed by atoms with E-state index >= 15 is 0 Å². The van der Waals surface area contributed by atoms with Crippen molar-refractivity contribution in [3.8, 4) is 0 Å². The van der Waals surface area contributed by atoms with Crippen molar-refractivity contribution in [2.24, 2.45) is 7.05 Å². The first kappa shape index (κ1) is 5.21. The van der Waals surface area contributed by atoms with Crippen LogP contribution in [0.4, 0.5) is 0 Å². The number of rotatable bonds is 0. The van der Waals surface area contributed by atoms with Crippen molar-refractivity contribution < 1.29 is 0 Å². The molecule has 0 unspecified atom stereocenters. The maximum atomic E-state index is 3.95. The van der Waals surface area contributed by atoms with E-state index < -0.39 is 0 Å². The van der Waals surface area contributed by atoms with Gasteiger partial charge in [-0.1, -0.05) is 0 Å². The fraction of sp³-hybridized carbons (Fsp3) is 0.250. The van der Waals surface area contributed by atoms with Crippen molar-refractivity contribution in [2.45, 2.75) is 0 Å². The molecule has 0 aliphatic heterocycles. The summed E-state index contributed by atoms with van der Waals surface area (Å²) in [4.78, 5) is 1.43. The molecule has 0 amide bonds. The first-order valence-corrected chi connectivity index (χ1v) is 2.71. The minimum Gasteiger partial charge on any atom is -0.185 e. The Hall–Kier alpha value is -1.59. The number of fused-ring (bicyclic) bond motifs is 1. The molecule has 2 aromatic rings. The summed E-state index contributed by atoms with van der Waals surface area (Å²) in [6, 6.07) is 0. The average molecular weight is 136 g/mol. The molecular weight excluding hydrogens is 132 g/mol. The molecule has 50 valence electrons. The smallest absolute Gasteiger partial charge is 0.185 e. The molecule has 0 bridgehead atoms. The summed E-state index contributed by atoms with van der Waals surface area (Å²) >= 11 is 0.